The van der Waals surface area contributed by atoms with E-state index in [-0.39, 0.29) is 11.9 Å². The Kier molecular flexibility index (Phi) is 5.12. The van der Waals surface area contributed by atoms with Crippen molar-refractivity contribution in [3.63, 3.8) is 0 Å². The van der Waals surface area contributed by atoms with E-state index in [4.69, 9.17) is 11.5 Å². The lowest BCUT2D eigenvalue weighted by Crippen LogP contribution is -2.40. The largest absolute Gasteiger partial charge is 0.370 e. The predicted molar refractivity (Wildman–Crippen MR) is 69.3 cm³/mol. The molecule has 0 radical (unpaired) electrons. The van der Waals surface area contributed by atoms with E-state index in [0.717, 1.165) is 6.54 Å². The zero-order valence-electron chi connectivity index (χ0n) is 10.5. The molecule has 17 heavy (non-hydrogen) atoms. The molecule has 1 rings (SSSR count). The van der Waals surface area contributed by atoms with Crippen molar-refractivity contribution in [2.24, 2.45) is 11.5 Å². The van der Waals surface area contributed by atoms with Crippen molar-refractivity contribution >= 4 is 5.91 Å². The SMILES string of the molecule is Cc1ccccc1CN(C)C(CN)CC(N)=O. The quantitative estimate of drug-likeness (QED) is 0.759. The number of primary amides is 1. The van der Waals surface area contributed by atoms with Crippen LogP contribution in [0.1, 0.15) is 17.5 Å². The average Bonchev–Trinajstić information content (AvgIpc) is 2.28. The predicted octanol–water partition coefficient (Wildman–Crippen LogP) is 0.630. The Hall–Kier alpha value is -1.39. The molecule has 0 saturated carbocycles. The summed E-state index contributed by atoms with van der Waals surface area (Å²) in [7, 11) is 1.97. The molecule has 0 bridgehead atoms. The maximum absolute atomic E-state index is 10.9. The molecule has 1 aromatic carbocycles. The second kappa shape index (κ2) is 6.37. The second-order valence-electron chi connectivity index (χ2n) is 4.40. The van der Waals surface area contributed by atoms with Gasteiger partial charge in [-0.25, -0.2) is 0 Å². The van der Waals surface area contributed by atoms with Gasteiger partial charge >= 0.3 is 0 Å². The Morgan fingerprint density at radius 1 is 1.41 bits per heavy atom. The van der Waals surface area contributed by atoms with Gasteiger partial charge in [0.25, 0.3) is 0 Å². The molecule has 1 aromatic rings. The van der Waals surface area contributed by atoms with Gasteiger partial charge in [0, 0.05) is 25.6 Å². The number of aryl methyl sites for hydroxylation is 1. The monoisotopic (exact) mass is 235 g/mol. The molecule has 94 valence electrons. The Balaban J connectivity index is 2.67. The summed E-state index contributed by atoms with van der Waals surface area (Å²) in [5, 5.41) is 0. The summed E-state index contributed by atoms with van der Waals surface area (Å²) in [6.45, 7) is 3.29. The molecule has 0 heterocycles. The molecular formula is C13H21N3O. The van der Waals surface area contributed by atoms with Crippen LogP contribution in [0.3, 0.4) is 0 Å². The van der Waals surface area contributed by atoms with Crippen LogP contribution in [0.15, 0.2) is 24.3 Å². The van der Waals surface area contributed by atoms with E-state index in [9.17, 15) is 4.79 Å². The highest BCUT2D eigenvalue weighted by Gasteiger charge is 2.16. The van der Waals surface area contributed by atoms with Crippen LogP contribution in [0.2, 0.25) is 0 Å². The van der Waals surface area contributed by atoms with Gasteiger partial charge in [0.05, 0.1) is 0 Å². The van der Waals surface area contributed by atoms with Crippen molar-refractivity contribution in [1.29, 1.82) is 0 Å². The summed E-state index contributed by atoms with van der Waals surface area (Å²) in [6.07, 6.45) is 0.304. The highest BCUT2D eigenvalue weighted by atomic mass is 16.1. The van der Waals surface area contributed by atoms with Crippen LogP contribution in [0.5, 0.6) is 0 Å². The second-order valence-corrected chi connectivity index (χ2v) is 4.40. The summed E-state index contributed by atoms with van der Waals surface area (Å²) in [6, 6.07) is 8.20. The van der Waals surface area contributed by atoms with Crippen LogP contribution in [-0.4, -0.2) is 30.4 Å². The number of benzene rings is 1. The van der Waals surface area contributed by atoms with Gasteiger partial charge in [0.1, 0.15) is 0 Å². The molecular weight excluding hydrogens is 214 g/mol. The van der Waals surface area contributed by atoms with Crippen molar-refractivity contribution in [3.05, 3.63) is 35.4 Å². The van der Waals surface area contributed by atoms with E-state index < -0.39 is 0 Å². The smallest absolute Gasteiger partial charge is 0.219 e. The number of likely N-dealkylation sites (N-methyl/N-ethyl adjacent to an activating group) is 1. The number of rotatable bonds is 6. The van der Waals surface area contributed by atoms with E-state index in [1.165, 1.54) is 11.1 Å². The molecule has 1 amide bonds. The van der Waals surface area contributed by atoms with Gasteiger partial charge < -0.3 is 11.5 Å². The zero-order chi connectivity index (χ0) is 12.8. The van der Waals surface area contributed by atoms with E-state index in [2.05, 4.69) is 24.0 Å². The third-order valence-corrected chi connectivity index (χ3v) is 3.01. The lowest BCUT2D eigenvalue weighted by Gasteiger charge is -2.26. The Morgan fingerprint density at radius 3 is 2.59 bits per heavy atom. The van der Waals surface area contributed by atoms with Gasteiger partial charge in [-0.1, -0.05) is 24.3 Å². The number of amides is 1. The third-order valence-electron chi connectivity index (χ3n) is 3.01. The lowest BCUT2D eigenvalue weighted by molar-refractivity contribution is -0.119. The maximum atomic E-state index is 10.9. The molecule has 0 saturated heterocycles. The van der Waals surface area contributed by atoms with Crippen LogP contribution in [0.4, 0.5) is 0 Å². The van der Waals surface area contributed by atoms with Crippen molar-refractivity contribution in [1.82, 2.24) is 4.90 Å². The Bertz CT molecular complexity index is 379. The first-order valence-corrected chi connectivity index (χ1v) is 5.77. The summed E-state index contributed by atoms with van der Waals surface area (Å²) < 4.78 is 0. The summed E-state index contributed by atoms with van der Waals surface area (Å²) in [5.74, 6) is -0.308. The number of carbonyl (C=O) groups excluding carboxylic acids is 1. The first-order valence-electron chi connectivity index (χ1n) is 5.77. The molecule has 0 fully saturated rings. The fourth-order valence-electron chi connectivity index (χ4n) is 1.84. The number of carbonyl (C=O) groups is 1. The van der Waals surface area contributed by atoms with Gasteiger partial charge in [-0.3, -0.25) is 9.69 Å². The first-order chi connectivity index (χ1) is 8.04. The highest BCUT2D eigenvalue weighted by Crippen LogP contribution is 2.12. The fourth-order valence-corrected chi connectivity index (χ4v) is 1.84. The van der Waals surface area contributed by atoms with E-state index in [0.29, 0.717) is 13.0 Å². The topological polar surface area (TPSA) is 72.3 Å². The number of hydrogen-bond donors (Lipinski definition) is 2. The zero-order valence-corrected chi connectivity index (χ0v) is 10.5. The van der Waals surface area contributed by atoms with Crippen LogP contribution in [0, 0.1) is 6.92 Å². The van der Waals surface area contributed by atoms with Crippen LogP contribution in [0.25, 0.3) is 0 Å². The van der Waals surface area contributed by atoms with Gasteiger partial charge in [-0.05, 0) is 25.1 Å². The molecule has 0 spiro atoms. The van der Waals surface area contributed by atoms with Gasteiger partial charge in [-0.15, -0.1) is 0 Å². The van der Waals surface area contributed by atoms with Crippen LogP contribution < -0.4 is 11.5 Å². The summed E-state index contributed by atoms with van der Waals surface area (Å²) in [5.41, 5.74) is 13.4. The van der Waals surface area contributed by atoms with E-state index in [1.807, 2.05) is 19.2 Å². The van der Waals surface area contributed by atoms with E-state index in [1.54, 1.807) is 0 Å². The van der Waals surface area contributed by atoms with Crippen molar-refractivity contribution in [2.75, 3.05) is 13.6 Å². The minimum absolute atomic E-state index is 0.00658. The minimum atomic E-state index is -0.308. The number of hydrogen-bond acceptors (Lipinski definition) is 3. The fraction of sp³-hybridized carbons (Fsp3) is 0.462. The Labute approximate surface area is 103 Å². The highest BCUT2D eigenvalue weighted by molar-refractivity contribution is 5.74. The standard InChI is InChI=1S/C13H21N3O/c1-10-5-3-4-6-11(10)9-16(2)12(8-14)7-13(15)17/h3-6,12H,7-9,14H2,1-2H3,(H2,15,17). The molecule has 0 aliphatic heterocycles. The lowest BCUT2D eigenvalue weighted by atomic mass is 10.1. The summed E-state index contributed by atoms with van der Waals surface area (Å²) >= 11 is 0. The maximum Gasteiger partial charge on any atom is 0.219 e. The van der Waals surface area contributed by atoms with Crippen LogP contribution in [-0.2, 0) is 11.3 Å². The van der Waals surface area contributed by atoms with Crippen molar-refractivity contribution in [2.45, 2.75) is 25.9 Å². The van der Waals surface area contributed by atoms with Gasteiger partial charge in [0.15, 0.2) is 0 Å². The first kappa shape index (κ1) is 13.7. The molecule has 0 aliphatic rings. The molecule has 1 unspecified atom stereocenters. The minimum Gasteiger partial charge on any atom is -0.370 e. The third kappa shape index (κ3) is 4.17. The van der Waals surface area contributed by atoms with Gasteiger partial charge in [0.2, 0.25) is 5.91 Å². The Morgan fingerprint density at radius 2 is 2.06 bits per heavy atom. The average molecular weight is 235 g/mol. The summed E-state index contributed by atoms with van der Waals surface area (Å²) in [4.78, 5) is 13.0. The van der Waals surface area contributed by atoms with Gasteiger partial charge in [-0.2, -0.15) is 0 Å². The number of nitrogens with two attached hydrogens (primary N) is 2. The van der Waals surface area contributed by atoms with E-state index >= 15 is 0 Å². The molecule has 0 aromatic heterocycles. The number of nitrogens with zero attached hydrogens (tertiary/aromatic N) is 1. The molecule has 4 nitrogen and oxygen atoms in total. The molecule has 4 heteroatoms. The van der Waals surface area contributed by atoms with Crippen molar-refractivity contribution < 1.29 is 4.79 Å². The molecule has 4 N–H and O–H groups in total. The normalized spacial score (nSPS) is 12.7. The molecule has 0 aliphatic carbocycles. The van der Waals surface area contributed by atoms with Crippen molar-refractivity contribution in [3.8, 4) is 0 Å². The van der Waals surface area contributed by atoms with Crippen LogP contribution >= 0.6 is 0 Å². The molecule has 1 atom stereocenters.